The Morgan fingerprint density at radius 1 is 1.03 bits per heavy atom. The summed E-state index contributed by atoms with van der Waals surface area (Å²) in [4.78, 5) is 13.2. The number of fused-ring (bicyclic) bond motifs is 3. The molecule has 5 aromatic rings. The highest BCUT2D eigenvalue weighted by Gasteiger charge is 2.18. The monoisotopic (exact) mass is 476 g/mol. The van der Waals surface area contributed by atoms with Gasteiger partial charge in [0.2, 0.25) is 17.6 Å². The predicted molar refractivity (Wildman–Crippen MR) is 130 cm³/mol. The summed E-state index contributed by atoms with van der Waals surface area (Å²) in [6.45, 7) is 4.86. The number of thioether (sulfide) groups is 1. The van der Waals surface area contributed by atoms with Gasteiger partial charge < -0.3 is 9.15 Å². The molecule has 0 saturated carbocycles. The van der Waals surface area contributed by atoms with E-state index in [-0.39, 0.29) is 5.56 Å². The maximum atomic E-state index is 13.2. The zero-order valence-corrected chi connectivity index (χ0v) is 20.0. The highest BCUT2D eigenvalue weighted by atomic mass is 32.2. The Balaban J connectivity index is 1.46. The van der Waals surface area contributed by atoms with Gasteiger partial charge in [-0.25, -0.2) is 0 Å². The molecule has 0 saturated heterocycles. The number of rotatable bonds is 8. The fourth-order valence-electron chi connectivity index (χ4n) is 3.70. The highest BCUT2D eigenvalue weighted by Crippen LogP contribution is 2.27. The first-order chi connectivity index (χ1) is 16.5. The molecule has 3 aromatic heterocycles. The van der Waals surface area contributed by atoms with Crippen LogP contribution in [0.15, 0.2) is 62.9 Å². The van der Waals surface area contributed by atoms with Crippen molar-refractivity contribution in [1.29, 1.82) is 0 Å². The molecule has 3 heterocycles. The van der Waals surface area contributed by atoms with Crippen molar-refractivity contribution in [2.24, 2.45) is 5.92 Å². The molecule has 0 unspecified atom stereocenters. The molecule has 0 radical (unpaired) electrons. The summed E-state index contributed by atoms with van der Waals surface area (Å²) in [7, 11) is 1.62. The van der Waals surface area contributed by atoms with Crippen LogP contribution in [0.2, 0.25) is 0 Å². The normalized spacial score (nSPS) is 11.6. The molecule has 0 spiro atoms. The summed E-state index contributed by atoms with van der Waals surface area (Å²) < 4.78 is 14.7. The third-order valence-electron chi connectivity index (χ3n) is 5.54. The van der Waals surface area contributed by atoms with E-state index in [4.69, 9.17) is 9.15 Å². The van der Waals surface area contributed by atoms with Crippen molar-refractivity contribution in [2.45, 2.75) is 37.7 Å². The van der Waals surface area contributed by atoms with Gasteiger partial charge in [-0.2, -0.15) is 0 Å². The molecule has 0 atom stereocenters. The molecule has 0 amide bonds. The van der Waals surface area contributed by atoms with Crippen LogP contribution in [0, 0.1) is 5.92 Å². The van der Waals surface area contributed by atoms with Crippen molar-refractivity contribution in [1.82, 2.24) is 29.4 Å². The van der Waals surface area contributed by atoms with Gasteiger partial charge >= 0.3 is 0 Å². The minimum Gasteiger partial charge on any atom is -0.497 e. The quantitative estimate of drug-likeness (QED) is 0.303. The van der Waals surface area contributed by atoms with Crippen LogP contribution in [0.4, 0.5) is 0 Å². The average molecular weight is 477 g/mol. The van der Waals surface area contributed by atoms with Gasteiger partial charge in [-0.15, -0.1) is 20.4 Å². The molecule has 0 N–H and O–H groups in total. The van der Waals surface area contributed by atoms with Gasteiger partial charge in [0.25, 0.3) is 5.56 Å². The van der Waals surface area contributed by atoms with E-state index in [0.29, 0.717) is 46.3 Å². The Hall–Kier alpha value is -3.66. The van der Waals surface area contributed by atoms with Gasteiger partial charge in [0.1, 0.15) is 5.75 Å². The van der Waals surface area contributed by atoms with E-state index in [9.17, 15) is 4.79 Å². The van der Waals surface area contributed by atoms with Gasteiger partial charge in [-0.05, 0) is 48.7 Å². The Labute approximate surface area is 199 Å². The minimum absolute atomic E-state index is 0.0475. The smallest absolute Gasteiger partial charge is 0.262 e. The Morgan fingerprint density at radius 3 is 2.59 bits per heavy atom. The number of aryl methyl sites for hydroxylation is 1. The molecule has 0 aliphatic heterocycles. The summed E-state index contributed by atoms with van der Waals surface area (Å²) in [6, 6.07) is 15.0. The fraction of sp³-hybridized carbons (Fsp3) is 0.292. The van der Waals surface area contributed by atoms with Crippen LogP contribution < -0.4 is 10.3 Å². The number of aromatic nitrogens is 6. The standard InChI is InChI=1S/C24H24N6O3S/c1-15(2)12-13-29-22(31)18-6-4-5-7-19(18)30-23(29)27-28-24(30)34-14-20-25-26-21(33-20)16-8-10-17(32-3)11-9-16/h4-11,15H,12-14H2,1-3H3. The number of ether oxygens (including phenoxy) is 1. The Bertz CT molecular complexity index is 1500. The largest absolute Gasteiger partial charge is 0.497 e. The number of nitrogens with zero attached hydrogens (tertiary/aromatic N) is 6. The van der Waals surface area contributed by atoms with Gasteiger partial charge in [-0.3, -0.25) is 13.8 Å². The lowest BCUT2D eigenvalue weighted by atomic mass is 10.1. The van der Waals surface area contributed by atoms with E-state index in [1.807, 2.05) is 52.9 Å². The van der Waals surface area contributed by atoms with Gasteiger partial charge in [0, 0.05) is 12.1 Å². The van der Waals surface area contributed by atoms with Crippen molar-refractivity contribution < 1.29 is 9.15 Å². The molecule has 0 aliphatic carbocycles. The van der Waals surface area contributed by atoms with Crippen molar-refractivity contribution in [3.63, 3.8) is 0 Å². The van der Waals surface area contributed by atoms with Crippen molar-refractivity contribution in [3.05, 3.63) is 64.8 Å². The molecule has 0 fully saturated rings. The minimum atomic E-state index is -0.0475. The zero-order chi connectivity index (χ0) is 23.7. The van der Waals surface area contributed by atoms with Gasteiger partial charge in [-0.1, -0.05) is 37.7 Å². The number of para-hydroxylation sites is 1. The van der Waals surface area contributed by atoms with Crippen LogP contribution in [-0.2, 0) is 12.3 Å². The number of methoxy groups -OCH3 is 1. The molecule has 174 valence electrons. The van der Waals surface area contributed by atoms with Crippen LogP contribution in [0.25, 0.3) is 28.1 Å². The average Bonchev–Trinajstić information content (AvgIpc) is 3.50. The summed E-state index contributed by atoms with van der Waals surface area (Å²) in [5.41, 5.74) is 1.55. The lowest BCUT2D eigenvalue weighted by molar-refractivity contribution is 0.415. The first-order valence-corrected chi connectivity index (χ1v) is 12.0. The van der Waals surface area contributed by atoms with E-state index < -0.39 is 0 Å². The first-order valence-electron chi connectivity index (χ1n) is 11.0. The van der Waals surface area contributed by atoms with E-state index >= 15 is 0 Å². The summed E-state index contributed by atoms with van der Waals surface area (Å²) >= 11 is 1.44. The van der Waals surface area contributed by atoms with Crippen LogP contribution in [0.5, 0.6) is 5.75 Å². The molecule has 5 rings (SSSR count). The molecular formula is C24H24N6O3S. The predicted octanol–water partition coefficient (Wildman–Crippen LogP) is 4.44. The maximum Gasteiger partial charge on any atom is 0.262 e. The number of hydrogen-bond donors (Lipinski definition) is 0. The van der Waals surface area contributed by atoms with Crippen molar-refractivity contribution >= 4 is 28.4 Å². The number of hydrogen-bond acceptors (Lipinski definition) is 8. The summed E-state index contributed by atoms with van der Waals surface area (Å²) in [6.07, 6.45) is 0.874. The zero-order valence-electron chi connectivity index (χ0n) is 19.1. The van der Waals surface area contributed by atoms with E-state index in [1.165, 1.54) is 11.8 Å². The topological polar surface area (TPSA) is 100 Å². The fourth-order valence-corrected chi connectivity index (χ4v) is 4.48. The second-order valence-electron chi connectivity index (χ2n) is 8.29. The van der Waals surface area contributed by atoms with Gasteiger partial charge in [0.15, 0.2) is 5.16 Å². The SMILES string of the molecule is COc1ccc(-c2nnc(CSc3nnc4n(CCC(C)C)c(=O)c5ccccc5n34)o2)cc1. The molecule has 34 heavy (non-hydrogen) atoms. The van der Waals surface area contributed by atoms with E-state index in [2.05, 4.69) is 34.2 Å². The van der Waals surface area contributed by atoms with Crippen LogP contribution in [0.1, 0.15) is 26.2 Å². The Morgan fingerprint density at radius 2 is 1.82 bits per heavy atom. The second kappa shape index (κ2) is 9.30. The van der Waals surface area contributed by atoms with Crippen LogP contribution in [0.3, 0.4) is 0 Å². The van der Waals surface area contributed by atoms with Crippen molar-refractivity contribution in [3.8, 4) is 17.2 Å². The van der Waals surface area contributed by atoms with E-state index in [1.54, 1.807) is 11.7 Å². The molecule has 10 heteroatoms. The molecule has 0 aliphatic rings. The third kappa shape index (κ3) is 4.16. The maximum absolute atomic E-state index is 13.2. The molecule has 2 aromatic carbocycles. The lowest BCUT2D eigenvalue weighted by Crippen LogP contribution is -2.24. The lowest BCUT2D eigenvalue weighted by Gasteiger charge is -2.12. The second-order valence-corrected chi connectivity index (χ2v) is 9.24. The first kappa shape index (κ1) is 22.1. The van der Waals surface area contributed by atoms with E-state index in [0.717, 1.165) is 23.3 Å². The molecular weight excluding hydrogens is 452 g/mol. The number of benzene rings is 2. The summed E-state index contributed by atoms with van der Waals surface area (Å²) in [5.74, 6) is 3.10. The Kier molecular flexibility index (Phi) is 6.06. The molecule has 0 bridgehead atoms. The van der Waals surface area contributed by atoms with Crippen molar-refractivity contribution in [2.75, 3.05) is 7.11 Å². The molecule has 9 nitrogen and oxygen atoms in total. The highest BCUT2D eigenvalue weighted by molar-refractivity contribution is 7.98. The summed E-state index contributed by atoms with van der Waals surface area (Å²) in [5, 5.41) is 18.4. The van der Waals surface area contributed by atoms with Crippen LogP contribution >= 0.6 is 11.8 Å². The van der Waals surface area contributed by atoms with Crippen LogP contribution in [-0.4, -0.2) is 36.5 Å². The third-order valence-corrected chi connectivity index (χ3v) is 6.45. The van der Waals surface area contributed by atoms with Gasteiger partial charge in [0.05, 0.1) is 23.8 Å².